The first kappa shape index (κ1) is 11.3. The lowest BCUT2D eigenvalue weighted by molar-refractivity contribution is -0.123. The van der Waals surface area contributed by atoms with Crippen molar-refractivity contribution in [3.63, 3.8) is 0 Å². The van der Waals surface area contributed by atoms with Crippen molar-refractivity contribution in [2.75, 3.05) is 0 Å². The molecule has 1 nitrogen and oxygen atoms in total. The van der Waals surface area contributed by atoms with Crippen molar-refractivity contribution in [1.82, 2.24) is 0 Å². The number of carbonyl (C=O) groups excluding carboxylic acids is 1. The molecule has 0 atom stereocenters. The lowest BCUT2D eigenvalue weighted by Gasteiger charge is -2.19. The Balaban J connectivity index is 1.91. The summed E-state index contributed by atoms with van der Waals surface area (Å²) in [5.41, 5.74) is 0. The zero-order valence-electron chi connectivity index (χ0n) is 8.67. The molecule has 0 spiro atoms. The molecule has 0 N–H and O–H groups in total. The van der Waals surface area contributed by atoms with E-state index in [1.165, 1.54) is 24.1 Å². The molecule has 1 saturated carbocycles. The minimum atomic E-state index is 0.347. The van der Waals surface area contributed by atoms with E-state index in [2.05, 4.69) is 22.0 Å². The van der Waals surface area contributed by atoms with Crippen molar-refractivity contribution in [2.24, 2.45) is 5.92 Å². The Morgan fingerprint density at radius 2 is 2.13 bits per heavy atom. The van der Waals surface area contributed by atoms with E-state index in [4.69, 9.17) is 0 Å². The lowest BCUT2D eigenvalue weighted by Crippen LogP contribution is -2.19. The van der Waals surface area contributed by atoms with Gasteiger partial charge in [0.15, 0.2) is 0 Å². The highest BCUT2D eigenvalue weighted by Crippen LogP contribution is 2.27. The average molecular weight is 287 g/mol. The van der Waals surface area contributed by atoms with Gasteiger partial charge < -0.3 is 0 Å². The third-order valence-electron chi connectivity index (χ3n) is 3.03. The van der Waals surface area contributed by atoms with Gasteiger partial charge in [0.05, 0.1) is 0 Å². The van der Waals surface area contributed by atoms with Crippen LogP contribution in [0.2, 0.25) is 0 Å². The summed E-state index contributed by atoms with van der Waals surface area (Å²) < 4.78 is 1.10. The first-order valence-electron chi connectivity index (χ1n) is 5.51. The highest BCUT2D eigenvalue weighted by atomic mass is 79.9. The largest absolute Gasteiger partial charge is 0.299 e. The molecule has 1 aliphatic carbocycles. The quantitative estimate of drug-likeness (QED) is 0.814. The summed E-state index contributed by atoms with van der Waals surface area (Å²) in [6.07, 6.45) is 6.67. The maximum atomic E-state index is 12.0. The topological polar surface area (TPSA) is 17.1 Å². The first-order chi connectivity index (χ1) is 7.25. The molecular formula is C12H15BrOS. The highest BCUT2D eigenvalue weighted by molar-refractivity contribution is 9.10. The Bertz CT molecular complexity index is 339. The third-order valence-corrected chi connectivity index (χ3v) is 4.73. The lowest BCUT2D eigenvalue weighted by atomic mass is 9.85. The summed E-state index contributed by atoms with van der Waals surface area (Å²) in [5, 5.41) is 2.05. The molecule has 0 radical (unpaired) electrons. The van der Waals surface area contributed by atoms with Gasteiger partial charge in [-0.05, 0) is 34.8 Å². The Hall–Kier alpha value is -0.150. The maximum absolute atomic E-state index is 12.0. The van der Waals surface area contributed by atoms with Crippen LogP contribution >= 0.6 is 27.3 Å². The molecule has 3 heteroatoms. The second kappa shape index (κ2) is 5.26. The molecule has 15 heavy (non-hydrogen) atoms. The molecule has 0 aliphatic heterocycles. The minimum Gasteiger partial charge on any atom is -0.299 e. The van der Waals surface area contributed by atoms with Crippen molar-refractivity contribution >= 4 is 33.0 Å². The number of halogens is 1. The minimum absolute atomic E-state index is 0.347. The molecule has 1 fully saturated rings. The summed E-state index contributed by atoms with van der Waals surface area (Å²) in [4.78, 5) is 13.2. The normalized spacial score (nSPS) is 17.9. The number of hydrogen-bond acceptors (Lipinski definition) is 2. The van der Waals surface area contributed by atoms with Crippen LogP contribution in [0.4, 0.5) is 0 Å². The van der Waals surface area contributed by atoms with E-state index >= 15 is 0 Å². The molecule has 0 amide bonds. The van der Waals surface area contributed by atoms with Crippen LogP contribution in [0.1, 0.15) is 37.0 Å². The third kappa shape index (κ3) is 3.15. The molecule has 1 aliphatic rings. The van der Waals surface area contributed by atoms with E-state index in [1.54, 1.807) is 11.3 Å². The van der Waals surface area contributed by atoms with Crippen LogP contribution in [-0.2, 0) is 11.2 Å². The number of carbonyl (C=O) groups is 1. The molecule has 0 unspecified atom stereocenters. The van der Waals surface area contributed by atoms with Crippen molar-refractivity contribution in [1.29, 1.82) is 0 Å². The average Bonchev–Trinajstić information content (AvgIpc) is 2.65. The zero-order valence-corrected chi connectivity index (χ0v) is 11.1. The highest BCUT2D eigenvalue weighted by Gasteiger charge is 2.21. The number of Topliss-reactive ketones (excluding diaryl/α,β-unsaturated/α-hetero) is 1. The van der Waals surface area contributed by atoms with Gasteiger partial charge in [0, 0.05) is 27.1 Å². The Morgan fingerprint density at radius 3 is 2.73 bits per heavy atom. The van der Waals surface area contributed by atoms with Gasteiger partial charge in [-0.25, -0.2) is 0 Å². The Morgan fingerprint density at radius 1 is 1.40 bits per heavy atom. The van der Waals surface area contributed by atoms with Gasteiger partial charge in [-0.15, -0.1) is 11.3 Å². The molecule has 0 aromatic carbocycles. The van der Waals surface area contributed by atoms with Gasteiger partial charge in [0.1, 0.15) is 5.78 Å². The molecule has 1 aromatic heterocycles. The second-order valence-corrected chi connectivity index (χ2v) is 6.12. The van der Waals surface area contributed by atoms with Crippen LogP contribution in [0.25, 0.3) is 0 Å². The van der Waals surface area contributed by atoms with Gasteiger partial charge in [0.2, 0.25) is 0 Å². The van der Waals surface area contributed by atoms with Crippen LogP contribution in [-0.4, -0.2) is 5.78 Å². The monoisotopic (exact) mass is 286 g/mol. The predicted octanol–water partition coefficient (Wildman–Crippen LogP) is 4.20. The smallest absolute Gasteiger partial charge is 0.141 e. The second-order valence-electron chi connectivity index (χ2n) is 4.21. The van der Waals surface area contributed by atoms with E-state index in [0.29, 0.717) is 18.1 Å². The maximum Gasteiger partial charge on any atom is 0.141 e. The first-order valence-corrected chi connectivity index (χ1v) is 7.18. The van der Waals surface area contributed by atoms with Crippen molar-refractivity contribution in [2.45, 2.75) is 38.5 Å². The molecule has 2 rings (SSSR count). The van der Waals surface area contributed by atoms with Crippen LogP contribution in [0, 0.1) is 5.92 Å². The fourth-order valence-corrected chi connectivity index (χ4v) is 3.65. The van der Waals surface area contributed by atoms with Crippen LogP contribution < -0.4 is 0 Å². The van der Waals surface area contributed by atoms with Gasteiger partial charge in [-0.3, -0.25) is 4.79 Å². The van der Waals surface area contributed by atoms with Gasteiger partial charge in [0.25, 0.3) is 0 Å². The fourth-order valence-electron chi connectivity index (χ4n) is 2.19. The van der Waals surface area contributed by atoms with Crippen molar-refractivity contribution in [3.8, 4) is 0 Å². The van der Waals surface area contributed by atoms with E-state index in [1.807, 2.05) is 5.38 Å². The summed E-state index contributed by atoms with van der Waals surface area (Å²) in [5.74, 6) is 0.795. The van der Waals surface area contributed by atoms with E-state index in [9.17, 15) is 4.79 Å². The van der Waals surface area contributed by atoms with Crippen LogP contribution in [0.15, 0.2) is 15.9 Å². The number of hydrogen-bond donors (Lipinski definition) is 0. The molecular weight excluding hydrogens is 272 g/mol. The molecule has 82 valence electrons. The number of ketones is 1. The van der Waals surface area contributed by atoms with Crippen LogP contribution in [0.3, 0.4) is 0 Å². The zero-order chi connectivity index (χ0) is 10.7. The number of thiophene rings is 1. The molecule has 1 aromatic rings. The molecule has 1 heterocycles. The summed E-state index contributed by atoms with van der Waals surface area (Å²) in [6, 6.07) is 2.06. The summed E-state index contributed by atoms with van der Waals surface area (Å²) >= 11 is 5.09. The molecule has 0 bridgehead atoms. The van der Waals surface area contributed by atoms with E-state index in [0.717, 1.165) is 17.3 Å². The Kier molecular flexibility index (Phi) is 3.98. The summed E-state index contributed by atoms with van der Waals surface area (Å²) in [6.45, 7) is 0. The van der Waals surface area contributed by atoms with Crippen molar-refractivity contribution in [3.05, 3.63) is 20.8 Å². The molecule has 0 saturated heterocycles. The van der Waals surface area contributed by atoms with Crippen LogP contribution in [0.5, 0.6) is 0 Å². The van der Waals surface area contributed by atoms with Crippen molar-refractivity contribution < 1.29 is 4.79 Å². The predicted molar refractivity (Wildman–Crippen MR) is 67.3 cm³/mol. The van der Waals surface area contributed by atoms with Gasteiger partial charge in [-0.2, -0.15) is 0 Å². The Labute approximate surface area is 103 Å². The summed E-state index contributed by atoms with van der Waals surface area (Å²) in [7, 11) is 0. The van der Waals surface area contributed by atoms with E-state index < -0.39 is 0 Å². The number of rotatable bonds is 3. The SMILES string of the molecule is O=C(Cc1cc(Br)cs1)C1CCCCC1. The van der Waals surface area contributed by atoms with Gasteiger partial charge in [-0.1, -0.05) is 19.3 Å². The standard InChI is InChI=1S/C12H15BrOS/c13-10-6-11(15-8-10)7-12(14)9-4-2-1-3-5-9/h6,8-9H,1-5,7H2. The fraction of sp³-hybridized carbons (Fsp3) is 0.583. The van der Waals surface area contributed by atoms with E-state index in [-0.39, 0.29) is 0 Å². The van der Waals surface area contributed by atoms with Gasteiger partial charge >= 0.3 is 0 Å².